The van der Waals surface area contributed by atoms with Crippen LogP contribution >= 0.6 is 34.3 Å². The highest BCUT2D eigenvalue weighted by atomic mass is 35.5. The average molecular weight is 462 g/mol. The summed E-state index contributed by atoms with van der Waals surface area (Å²) in [4.78, 5) is 29.8. The van der Waals surface area contributed by atoms with Crippen LogP contribution in [0.3, 0.4) is 0 Å². The molecule has 0 spiro atoms. The average Bonchev–Trinajstić information content (AvgIpc) is 3.42. The largest absolute Gasteiger partial charge is 0.463 e. The maximum absolute atomic E-state index is 13.2. The number of carbonyl (C=O) groups excluding carboxylic acids is 2. The molecule has 0 bridgehead atoms. The van der Waals surface area contributed by atoms with Gasteiger partial charge in [0.1, 0.15) is 11.5 Å². The minimum Gasteiger partial charge on any atom is -0.463 e. The zero-order valence-corrected chi connectivity index (χ0v) is 17.8. The molecule has 0 aliphatic carbocycles. The van der Waals surface area contributed by atoms with Crippen LogP contribution < -0.4 is 10.6 Å². The molecule has 0 unspecified atom stereocenters. The highest BCUT2D eigenvalue weighted by Gasteiger charge is 2.18. The number of anilines is 2. The number of furan rings is 1. The molecule has 0 saturated heterocycles. The number of halogens is 2. The molecule has 0 fully saturated rings. The second kappa shape index (κ2) is 8.39. The molecule has 4 aromatic rings. The van der Waals surface area contributed by atoms with E-state index in [1.807, 2.05) is 0 Å². The molecule has 6 nitrogen and oxygen atoms in total. The molecule has 3 heterocycles. The standard InChI is InChI=1S/C20H13ClFN3O3S2/c1-10-7-16(24-18(26)12-5-4-11(22)8-13(12)21)30-17(10)19(27)25-20-23-14(9-29-20)15-3-2-6-28-15/h2-9H,1H3,(H,24,26)(H,23,25,27). The van der Waals surface area contributed by atoms with Crippen molar-refractivity contribution in [2.75, 3.05) is 10.6 Å². The fourth-order valence-electron chi connectivity index (χ4n) is 2.64. The van der Waals surface area contributed by atoms with E-state index < -0.39 is 11.7 Å². The number of aryl methyl sites for hydroxylation is 1. The van der Waals surface area contributed by atoms with Crippen molar-refractivity contribution in [3.63, 3.8) is 0 Å². The Balaban J connectivity index is 1.47. The van der Waals surface area contributed by atoms with Crippen LogP contribution in [0.2, 0.25) is 5.02 Å². The fraction of sp³-hybridized carbons (Fsp3) is 0.0500. The van der Waals surface area contributed by atoms with E-state index in [0.717, 1.165) is 23.5 Å². The number of hydrogen-bond donors (Lipinski definition) is 2. The lowest BCUT2D eigenvalue weighted by molar-refractivity contribution is 0.102. The van der Waals surface area contributed by atoms with E-state index in [1.54, 1.807) is 36.8 Å². The summed E-state index contributed by atoms with van der Waals surface area (Å²) in [5.41, 5.74) is 1.47. The van der Waals surface area contributed by atoms with Gasteiger partial charge in [0.2, 0.25) is 0 Å². The summed E-state index contributed by atoms with van der Waals surface area (Å²) in [6.07, 6.45) is 1.55. The molecule has 3 aromatic heterocycles. The monoisotopic (exact) mass is 461 g/mol. The minimum absolute atomic E-state index is 0.00914. The first-order chi connectivity index (χ1) is 14.4. The third-order valence-electron chi connectivity index (χ3n) is 4.03. The number of nitrogens with one attached hydrogen (secondary N) is 2. The molecule has 0 aliphatic rings. The van der Waals surface area contributed by atoms with Gasteiger partial charge in [0.15, 0.2) is 10.9 Å². The smallest absolute Gasteiger partial charge is 0.267 e. The Morgan fingerprint density at radius 1 is 1.17 bits per heavy atom. The van der Waals surface area contributed by atoms with Crippen LogP contribution in [-0.4, -0.2) is 16.8 Å². The predicted octanol–water partition coefficient (Wildman–Crippen LogP) is 6.07. The second-order valence-corrected chi connectivity index (χ2v) is 8.49. The minimum atomic E-state index is -0.528. The van der Waals surface area contributed by atoms with Crippen molar-refractivity contribution in [1.82, 2.24) is 4.98 Å². The first-order valence-corrected chi connectivity index (χ1v) is 10.7. The Hall–Kier alpha value is -3.01. The first kappa shape index (κ1) is 20.3. The van der Waals surface area contributed by atoms with E-state index in [4.69, 9.17) is 16.0 Å². The predicted molar refractivity (Wildman–Crippen MR) is 116 cm³/mol. The Labute approximate surface area is 183 Å². The molecule has 2 N–H and O–H groups in total. The molecule has 0 saturated carbocycles. The van der Waals surface area contributed by atoms with Gasteiger partial charge in [-0.25, -0.2) is 9.37 Å². The van der Waals surface area contributed by atoms with Crippen LogP contribution in [0, 0.1) is 12.7 Å². The summed E-state index contributed by atoms with van der Waals surface area (Å²) in [6.45, 7) is 1.77. The summed E-state index contributed by atoms with van der Waals surface area (Å²) < 4.78 is 18.5. The van der Waals surface area contributed by atoms with Gasteiger partial charge in [0, 0.05) is 5.38 Å². The van der Waals surface area contributed by atoms with E-state index >= 15 is 0 Å². The number of benzene rings is 1. The Kier molecular flexibility index (Phi) is 5.67. The third-order valence-corrected chi connectivity index (χ3v) is 6.26. The number of carbonyl (C=O) groups is 2. The molecule has 152 valence electrons. The number of thiazole rings is 1. The van der Waals surface area contributed by atoms with Gasteiger partial charge in [-0.2, -0.15) is 0 Å². The molecule has 0 radical (unpaired) electrons. The van der Waals surface area contributed by atoms with Gasteiger partial charge in [0.25, 0.3) is 11.8 Å². The molecule has 2 amide bonds. The van der Waals surface area contributed by atoms with Crippen LogP contribution in [0.15, 0.2) is 52.5 Å². The molecule has 0 atom stereocenters. The molecule has 10 heteroatoms. The normalized spacial score (nSPS) is 10.8. The van der Waals surface area contributed by atoms with Crippen LogP contribution in [0.25, 0.3) is 11.5 Å². The highest BCUT2D eigenvalue weighted by Crippen LogP contribution is 2.30. The highest BCUT2D eigenvalue weighted by molar-refractivity contribution is 7.18. The first-order valence-electron chi connectivity index (χ1n) is 8.58. The lowest BCUT2D eigenvalue weighted by Crippen LogP contribution is -2.12. The van der Waals surface area contributed by atoms with Gasteiger partial charge in [0.05, 0.1) is 26.7 Å². The van der Waals surface area contributed by atoms with Gasteiger partial charge < -0.3 is 9.73 Å². The van der Waals surface area contributed by atoms with Crippen molar-refractivity contribution in [3.05, 3.63) is 74.9 Å². The maximum Gasteiger partial charge on any atom is 0.267 e. The van der Waals surface area contributed by atoms with E-state index in [-0.39, 0.29) is 16.5 Å². The van der Waals surface area contributed by atoms with Crippen molar-refractivity contribution in [2.24, 2.45) is 0 Å². The van der Waals surface area contributed by atoms with E-state index in [0.29, 0.717) is 32.0 Å². The second-order valence-electron chi connectivity index (χ2n) is 6.17. The molecule has 30 heavy (non-hydrogen) atoms. The Morgan fingerprint density at radius 2 is 2.00 bits per heavy atom. The van der Waals surface area contributed by atoms with Gasteiger partial charge in [-0.15, -0.1) is 22.7 Å². The molecule has 4 rings (SSSR count). The van der Waals surface area contributed by atoms with Crippen LogP contribution in [0.1, 0.15) is 25.6 Å². The van der Waals surface area contributed by atoms with Crippen molar-refractivity contribution in [2.45, 2.75) is 6.92 Å². The maximum atomic E-state index is 13.2. The van der Waals surface area contributed by atoms with Crippen molar-refractivity contribution in [3.8, 4) is 11.5 Å². The van der Waals surface area contributed by atoms with Gasteiger partial charge in [-0.1, -0.05) is 11.6 Å². The molecular weight excluding hydrogens is 449 g/mol. The van der Waals surface area contributed by atoms with Crippen molar-refractivity contribution >= 4 is 56.2 Å². The summed E-state index contributed by atoms with van der Waals surface area (Å²) in [5.74, 6) is -0.738. The number of rotatable bonds is 5. The number of amides is 2. The topological polar surface area (TPSA) is 84.2 Å². The summed E-state index contributed by atoms with van der Waals surface area (Å²) in [6, 6.07) is 8.76. The lowest BCUT2D eigenvalue weighted by Gasteiger charge is -2.04. The quantitative estimate of drug-likeness (QED) is 0.377. The summed E-state index contributed by atoms with van der Waals surface area (Å²) in [7, 11) is 0. The van der Waals surface area contributed by atoms with Crippen LogP contribution in [0.4, 0.5) is 14.5 Å². The van der Waals surface area contributed by atoms with Gasteiger partial charge in [-0.3, -0.25) is 14.9 Å². The summed E-state index contributed by atoms with van der Waals surface area (Å²) in [5, 5.41) is 8.14. The van der Waals surface area contributed by atoms with Crippen LogP contribution in [0.5, 0.6) is 0 Å². The summed E-state index contributed by atoms with van der Waals surface area (Å²) >= 11 is 8.33. The fourth-order valence-corrected chi connectivity index (χ4v) is 4.56. The lowest BCUT2D eigenvalue weighted by atomic mass is 10.2. The van der Waals surface area contributed by atoms with E-state index in [1.165, 1.54) is 17.4 Å². The van der Waals surface area contributed by atoms with Crippen LogP contribution in [-0.2, 0) is 0 Å². The number of thiophene rings is 1. The zero-order valence-electron chi connectivity index (χ0n) is 15.4. The van der Waals surface area contributed by atoms with Gasteiger partial charge >= 0.3 is 0 Å². The van der Waals surface area contributed by atoms with Gasteiger partial charge in [-0.05, 0) is 48.9 Å². The van der Waals surface area contributed by atoms with E-state index in [2.05, 4.69) is 15.6 Å². The Morgan fingerprint density at radius 3 is 2.73 bits per heavy atom. The number of nitrogens with zero attached hydrogens (tertiary/aromatic N) is 1. The number of hydrogen-bond acceptors (Lipinski definition) is 6. The third kappa shape index (κ3) is 4.28. The Bertz CT molecular complexity index is 1230. The van der Waals surface area contributed by atoms with E-state index in [9.17, 15) is 14.0 Å². The number of aromatic nitrogens is 1. The van der Waals surface area contributed by atoms with Crippen molar-refractivity contribution in [1.29, 1.82) is 0 Å². The molecule has 1 aromatic carbocycles. The SMILES string of the molecule is Cc1cc(NC(=O)c2ccc(F)cc2Cl)sc1C(=O)Nc1nc(-c2ccco2)cs1. The molecular formula is C20H13ClFN3O3S2. The zero-order chi connectivity index (χ0) is 21.3. The molecule has 0 aliphatic heterocycles. The van der Waals surface area contributed by atoms with Crippen molar-refractivity contribution < 1.29 is 18.4 Å².